The predicted octanol–water partition coefficient (Wildman–Crippen LogP) is 0.968. The zero-order chi connectivity index (χ0) is 15.3. The normalized spacial score (nSPS) is 11.2. The Morgan fingerprint density at radius 1 is 0.900 bits per heavy atom. The van der Waals surface area contributed by atoms with E-state index in [2.05, 4.69) is 0 Å². The van der Waals surface area contributed by atoms with E-state index in [1.54, 1.807) is 6.07 Å². The number of aryl methyl sites for hydroxylation is 2. The van der Waals surface area contributed by atoms with Crippen LogP contribution < -0.4 is 0 Å². The van der Waals surface area contributed by atoms with Crippen molar-refractivity contribution in [2.24, 2.45) is 0 Å². The Kier molecular flexibility index (Phi) is 5.23. The SMILES string of the molecule is O=C(O)CCc1cc(CCC(=O)O)cc(S(=O)(=O)O)c1. The molecule has 0 aliphatic heterocycles. The number of carbonyl (C=O) groups is 2. The zero-order valence-electron chi connectivity index (χ0n) is 10.4. The summed E-state index contributed by atoms with van der Waals surface area (Å²) in [5.74, 6) is -2.07. The van der Waals surface area contributed by atoms with Gasteiger partial charge in [-0.05, 0) is 36.1 Å². The van der Waals surface area contributed by atoms with Gasteiger partial charge in [0, 0.05) is 12.8 Å². The second-order valence-corrected chi connectivity index (χ2v) is 5.67. The predicted molar refractivity (Wildman–Crippen MR) is 68.2 cm³/mol. The summed E-state index contributed by atoms with van der Waals surface area (Å²) in [6.07, 6.45) is -0.182. The van der Waals surface area contributed by atoms with E-state index in [0.717, 1.165) is 0 Å². The summed E-state index contributed by atoms with van der Waals surface area (Å²) in [6, 6.07) is 3.91. The van der Waals surface area contributed by atoms with E-state index in [1.165, 1.54) is 12.1 Å². The maximum atomic E-state index is 11.1. The first-order chi connectivity index (χ1) is 9.18. The van der Waals surface area contributed by atoms with E-state index in [9.17, 15) is 18.0 Å². The van der Waals surface area contributed by atoms with E-state index >= 15 is 0 Å². The van der Waals surface area contributed by atoms with Gasteiger partial charge in [0.2, 0.25) is 0 Å². The molecule has 8 heteroatoms. The molecule has 1 aromatic rings. The lowest BCUT2D eigenvalue weighted by atomic mass is 10.0. The quantitative estimate of drug-likeness (QED) is 0.640. The molecule has 0 unspecified atom stereocenters. The Balaban J connectivity index is 3.07. The van der Waals surface area contributed by atoms with Crippen LogP contribution in [-0.2, 0) is 32.5 Å². The van der Waals surface area contributed by atoms with Gasteiger partial charge in [-0.3, -0.25) is 14.1 Å². The van der Waals surface area contributed by atoms with Gasteiger partial charge in [-0.1, -0.05) is 6.07 Å². The average Bonchev–Trinajstić information content (AvgIpc) is 2.32. The molecule has 0 amide bonds. The second-order valence-electron chi connectivity index (χ2n) is 4.25. The first kappa shape index (κ1) is 16.1. The van der Waals surface area contributed by atoms with Crippen molar-refractivity contribution in [2.75, 3.05) is 0 Å². The number of hydrogen-bond acceptors (Lipinski definition) is 4. The van der Waals surface area contributed by atoms with E-state index in [-0.39, 0.29) is 30.6 Å². The summed E-state index contributed by atoms with van der Waals surface area (Å²) in [7, 11) is -4.42. The molecule has 0 saturated heterocycles. The van der Waals surface area contributed by atoms with Crippen molar-refractivity contribution in [1.82, 2.24) is 0 Å². The summed E-state index contributed by atoms with van der Waals surface area (Å²) in [5, 5.41) is 17.2. The lowest BCUT2D eigenvalue weighted by molar-refractivity contribution is -0.137. The third-order valence-electron chi connectivity index (χ3n) is 2.58. The van der Waals surface area contributed by atoms with Gasteiger partial charge in [-0.2, -0.15) is 8.42 Å². The monoisotopic (exact) mass is 302 g/mol. The third kappa shape index (κ3) is 5.37. The highest BCUT2D eigenvalue weighted by Crippen LogP contribution is 2.18. The Bertz CT molecular complexity index is 582. The number of benzene rings is 1. The molecule has 0 aliphatic rings. The molecule has 0 radical (unpaired) electrons. The summed E-state index contributed by atoms with van der Waals surface area (Å²) in [5.41, 5.74) is 0.839. The van der Waals surface area contributed by atoms with Crippen molar-refractivity contribution < 1.29 is 32.8 Å². The fourth-order valence-corrected chi connectivity index (χ4v) is 2.27. The molecule has 0 atom stereocenters. The van der Waals surface area contributed by atoms with Gasteiger partial charge >= 0.3 is 11.9 Å². The molecular weight excluding hydrogens is 288 g/mol. The van der Waals surface area contributed by atoms with E-state index < -0.39 is 22.1 Å². The molecule has 0 aromatic heterocycles. The van der Waals surface area contributed by atoms with Gasteiger partial charge in [0.05, 0.1) is 4.90 Å². The third-order valence-corrected chi connectivity index (χ3v) is 3.41. The Morgan fingerprint density at radius 2 is 1.30 bits per heavy atom. The van der Waals surface area contributed by atoms with Crippen LogP contribution in [0.4, 0.5) is 0 Å². The smallest absolute Gasteiger partial charge is 0.303 e. The lowest BCUT2D eigenvalue weighted by Gasteiger charge is -2.07. The minimum absolute atomic E-state index is 0.0960. The van der Waals surface area contributed by atoms with E-state index in [1.807, 2.05) is 0 Å². The van der Waals surface area contributed by atoms with E-state index in [4.69, 9.17) is 14.8 Å². The van der Waals surface area contributed by atoms with Crippen molar-refractivity contribution in [3.8, 4) is 0 Å². The Labute approximate surface area is 115 Å². The van der Waals surface area contributed by atoms with Gasteiger partial charge in [0.25, 0.3) is 10.1 Å². The summed E-state index contributed by atoms with van der Waals surface area (Å²) >= 11 is 0. The van der Waals surface area contributed by atoms with Crippen LogP contribution in [0.25, 0.3) is 0 Å². The number of carboxylic acid groups (broad SMARTS) is 2. The molecule has 0 heterocycles. The number of aliphatic carboxylic acids is 2. The number of rotatable bonds is 7. The molecule has 0 spiro atoms. The van der Waals surface area contributed by atoms with Crippen molar-refractivity contribution in [3.05, 3.63) is 29.3 Å². The largest absolute Gasteiger partial charge is 0.481 e. The summed E-state index contributed by atoms with van der Waals surface area (Å²) in [4.78, 5) is 20.7. The van der Waals surface area contributed by atoms with Crippen molar-refractivity contribution >= 4 is 22.1 Å². The number of hydrogen-bond donors (Lipinski definition) is 3. The Morgan fingerprint density at radius 3 is 1.60 bits per heavy atom. The molecule has 20 heavy (non-hydrogen) atoms. The molecule has 0 bridgehead atoms. The van der Waals surface area contributed by atoms with Crippen LogP contribution in [-0.4, -0.2) is 35.1 Å². The van der Waals surface area contributed by atoms with Crippen molar-refractivity contribution in [2.45, 2.75) is 30.6 Å². The zero-order valence-corrected chi connectivity index (χ0v) is 11.3. The van der Waals surface area contributed by atoms with Crippen LogP contribution in [0.3, 0.4) is 0 Å². The van der Waals surface area contributed by atoms with Crippen LogP contribution in [0, 0.1) is 0 Å². The van der Waals surface area contributed by atoms with Gasteiger partial charge in [0.15, 0.2) is 0 Å². The van der Waals surface area contributed by atoms with Crippen LogP contribution >= 0.6 is 0 Å². The summed E-state index contributed by atoms with van der Waals surface area (Å²) < 4.78 is 31.3. The fraction of sp³-hybridized carbons (Fsp3) is 0.333. The highest BCUT2D eigenvalue weighted by molar-refractivity contribution is 7.85. The average molecular weight is 302 g/mol. The first-order valence-electron chi connectivity index (χ1n) is 5.72. The molecule has 1 aromatic carbocycles. The standard InChI is InChI=1S/C12H14O7S/c13-11(14)3-1-8-5-9(2-4-12(15)16)7-10(6-8)20(17,18)19/h5-7H,1-4H2,(H,13,14)(H,15,16)(H,17,18,19). The molecule has 1 rings (SSSR count). The van der Waals surface area contributed by atoms with Gasteiger partial charge < -0.3 is 10.2 Å². The topological polar surface area (TPSA) is 129 Å². The minimum atomic E-state index is -4.42. The van der Waals surface area contributed by atoms with E-state index in [0.29, 0.717) is 11.1 Å². The van der Waals surface area contributed by atoms with Crippen LogP contribution in [0.2, 0.25) is 0 Å². The van der Waals surface area contributed by atoms with Crippen molar-refractivity contribution in [1.29, 1.82) is 0 Å². The van der Waals surface area contributed by atoms with Crippen LogP contribution in [0.5, 0.6) is 0 Å². The molecule has 110 valence electrons. The Hall–Kier alpha value is -1.93. The molecule has 0 aliphatic carbocycles. The van der Waals surface area contributed by atoms with Crippen molar-refractivity contribution in [3.63, 3.8) is 0 Å². The maximum absolute atomic E-state index is 11.1. The van der Waals surface area contributed by atoms with Gasteiger partial charge in [0.1, 0.15) is 0 Å². The van der Waals surface area contributed by atoms with Crippen LogP contribution in [0.15, 0.2) is 23.1 Å². The highest BCUT2D eigenvalue weighted by atomic mass is 32.2. The second kappa shape index (κ2) is 6.49. The molecule has 0 saturated carbocycles. The van der Waals surface area contributed by atoms with Gasteiger partial charge in [-0.25, -0.2) is 0 Å². The number of carboxylic acids is 2. The summed E-state index contributed by atoms with van der Waals surface area (Å²) in [6.45, 7) is 0. The fourth-order valence-electron chi connectivity index (χ4n) is 1.67. The van der Waals surface area contributed by atoms with Crippen LogP contribution in [0.1, 0.15) is 24.0 Å². The van der Waals surface area contributed by atoms with Gasteiger partial charge in [-0.15, -0.1) is 0 Å². The first-order valence-corrected chi connectivity index (χ1v) is 7.16. The molecule has 7 nitrogen and oxygen atoms in total. The molecule has 3 N–H and O–H groups in total. The highest BCUT2D eigenvalue weighted by Gasteiger charge is 2.13. The lowest BCUT2D eigenvalue weighted by Crippen LogP contribution is -2.04. The minimum Gasteiger partial charge on any atom is -0.481 e. The molecular formula is C12H14O7S. The molecule has 0 fully saturated rings. The maximum Gasteiger partial charge on any atom is 0.303 e.